The molecule has 1 aliphatic heterocycles. The van der Waals surface area contributed by atoms with Crippen LogP contribution in [0.15, 0.2) is 54.6 Å². The second-order valence-electron chi connectivity index (χ2n) is 6.24. The third-order valence-electron chi connectivity index (χ3n) is 4.41. The normalized spacial score (nSPS) is 15.5. The lowest BCUT2D eigenvalue weighted by atomic mass is 9.90. The molecule has 0 aliphatic carbocycles. The molecule has 26 heavy (non-hydrogen) atoms. The number of carbonyl (C=O) groups excluding carboxylic acids is 4. The Balaban J connectivity index is 1.92. The molecule has 0 bridgehead atoms. The lowest BCUT2D eigenvalue weighted by Gasteiger charge is -2.22. The quantitative estimate of drug-likeness (QED) is 0.486. The van der Waals surface area contributed by atoms with Gasteiger partial charge in [0.25, 0.3) is 11.8 Å². The molecule has 2 atom stereocenters. The van der Waals surface area contributed by atoms with Crippen molar-refractivity contribution in [3.8, 4) is 0 Å². The number of nitrogens with two attached hydrogens (primary N) is 1. The van der Waals surface area contributed by atoms with Gasteiger partial charge in [-0.05, 0) is 19.1 Å². The third kappa shape index (κ3) is 3.07. The Morgan fingerprint density at radius 1 is 0.923 bits per heavy atom. The average molecular weight is 350 g/mol. The molecule has 132 valence electrons. The minimum atomic E-state index is -1.19. The number of carbonyl (C=O) groups is 4. The number of Topliss-reactive ketones (excluding diaryl/α,β-unsaturated/α-hetero) is 2. The van der Waals surface area contributed by atoms with Crippen molar-refractivity contribution in [2.75, 3.05) is 6.54 Å². The maximum absolute atomic E-state index is 12.8. The summed E-state index contributed by atoms with van der Waals surface area (Å²) in [6, 6.07) is 13.8. The van der Waals surface area contributed by atoms with Crippen LogP contribution in [0.4, 0.5) is 0 Å². The van der Waals surface area contributed by atoms with Gasteiger partial charge in [0.05, 0.1) is 17.2 Å². The van der Waals surface area contributed by atoms with E-state index >= 15 is 0 Å². The van der Waals surface area contributed by atoms with Gasteiger partial charge in [0.1, 0.15) is 5.92 Å². The van der Waals surface area contributed by atoms with Crippen LogP contribution in [0.5, 0.6) is 0 Å². The van der Waals surface area contributed by atoms with Crippen molar-refractivity contribution in [1.29, 1.82) is 0 Å². The van der Waals surface area contributed by atoms with Crippen LogP contribution in [0.1, 0.15) is 38.0 Å². The van der Waals surface area contributed by atoms with Crippen molar-refractivity contribution in [3.63, 3.8) is 0 Å². The molecule has 0 aromatic heterocycles. The number of rotatable bonds is 6. The zero-order valence-electron chi connectivity index (χ0n) is 14.2. The van der Waals surface area contributed by atoms with Gasteiger partial charge in [-0.15, -0.1) is 0 Å². The van der Waals surface area contributed by atoms with Gasteiger partial charge < -0.3 is 5.73 Å². The van der Waals surface area contributed by atoms with E-state index in [2.05, 4.69) is 0 Å². The summed E-state index contributed by atoms with van der Waals surface area (Å²) in [5, 5.41) is 0. The summed E-state index contributed by atoms with van der Waals surface area (Å²) in [4.78, 5) is 51.4. The Morgan fingerprint density at radius 2 is 1.42 bits per heavy atom. The lowest BCUT2D eigenvalue weighted by molar-refractivity contribution is -0.122. The van der Waals surface area contributed by atoms with Gasteiger partial charge in [-0.25, -0.2) is 0 Å². The highest BCUT2D eigenvalue weighted by Gasteiger charge is 2.40. The van der Waals surface area contributed by atoms with E-state index in [0.717, 1.165) is 4.90 Å². The molecule has 6 nitrogen and oxygen atoms in total. The fraction of sp³-hybridized carbons (Fsp3) is 0.200. The number of hydrogen-bond acceptors (Lipinski definition) is 5. The van der Waals surface area contributed by atoms with E-state index in [0.29, 0.717) is 5.56 Å². The number of amides is 2. The minimum Gasteiger partial charge on any atom is -0.322 e. The summed E-state index contributed by atoms with van der Waals surface area (Å²) in [6.07, 6.45) is 0. The SMILES string of the molecule is C[C@H](N)C(=O)[C@H](CN1C(=O)c2ccccc2C1=O)C(=O)c1ccccc1. The highest BCUT2D eigenvalue weighted by molar-refractivity contribution is 6.22. The Labute approximate surface area is 150 Å². The van der Waals surface area contributed by atoms with E-state index in [1.165, 1.54) is 6.92 Å². The Kier molecular flexibility index (Phi) is 4.77. The summed E-state index contributed by atoms with van der Waals surface area (Å²) in [5.41, 5.74) is 6.58. The zero-order valence-corrected chi connectivity index (χ0v) is 14.2. The number of benzene rings is 2. The molecule has 1 heterocycles. The Hall–Kier alpha value is -3.12. The largest absolute Gasteiger partial charge is 0.322 e. The number of nitrogens with zero attached hydrogens (tertiary/aromatic N) is 1. The van der Waals surface area contributed by atoms with Crippen molar-refractivity contribution >= 4 is 23.4 Å². The highest BCUT2D eigenvalue weighted by Crippen LogP contribution is 2.24. The molecule has 0 unspecified atom stereocenters. The predicted octanol–water partition coefficient (Wildman–Crippen LogP) is 1.70. The van der Waals surface area contributed by atoms with Crippen LogP contribution in [-0.2, 0) is 4.79 Å². The van der Waals surface area contributed by atoms with Crippen molar-refractivity contribution in [2.24, 2.45) is 11.7 Å². The molecule has 2 aromatic rings. The van der Waals surface area contributed by atoms with Crippen LogP contribution in [0.2, 0.25) is 0 Å². The smallest absolute Gasteiger partial charge is 0.261 e. The van der Waals surface area contributed by atoms with Gasteiger partial charge in [-0.3, -0.25) is 24.1 Å². The van der Waals surface area contributed by atoms with Gasteiger partial charge in [-0.2, -0.15) is 0 Å². The molecule has 0 saturated carbocycles. The molecule has 0 saturated heterocycles. The van der Waals surface area contributed by atoms with Gasteiger partial charge in [0.2, 0.25) is 0 Å². The van der Waals surface area contributed by atoms with E-state index in [9.17, 15) is 19.2 Å². The summed E-state index contributed by atoms with van der Waals surface area (Å²) < 4.78 is 0. The van der Waals surface area contributed by atoms with Gasteiger partial charge in [0, 0.05) is 12.1 Å². The second-order valence-corrected chi connectivity index (χ2v) is 6.24. The maximum atomic E-state index is 12.8. The van der Waals surface area contributed by atoms with Crippen LogP contribution in [0, 0.1) is 5.92 Å². The molecule has 0 radical (unpaired) electrons. The summed E-state index contributed by atoms with van der Waals surface area (Å²) in [5.74, 6) is -3.16. The molecular weight excluding hydrogens is 332 g/mol. The Morgan fingerprint density at radius 3 is 1.92 bits per heavy atom. The summed E-state index contributed by atoms with van der Waals surface area (Å²) >= 11 is 0. The number of hydrogen-bond donors (Lipinski definition) is 1. The van der Waals surface area contributed by atoms with E-state index in [-0.39, 0.29) is 17.7 Å². The molecule has 2 amide bonds. The van der Waals surface area contributed by atoms with Crippen LogP contribution in [0.3, 0.4) is 0 Å². The van der Waals surface area contributed by atoms with Crippen molar-refractivity contribution in [2.45, 2.75) is 13.0 Å². The minimum absolute atomic E-state index is 0.275. The molecule has 0 fully saturated rings. The number of fused-ring (bicyclic) bond motifs is 1. The van der Waals surface area contributed by atoms with Crippen LogP contribution >= 0.6 is 0 Å². The van der Waals surface area contributed by atoms with Crippen molar-refractivity contribution in [3.05, 3.63) is 71.3 Å². The third-order valence-corrected chi connectivity index (χ3v) is 4.41. The molecular formula is C20H18N2O4. The fourth-order valence-corrected chi connectivity index (χ4v) is 3.01. The van der Waals surface area contributed by atoms with Gasteiger partial charge in [-0.1, -0.05) is 42.5 Å². The van der Waals surface area contributed by atoms with Crippen LogP contribution in [-0.4, -0.2) is 40.9 Å². The first kappa shape index (κ1) is 17.7. The van der Waals surface area contributed by atoms with Crippen LogP contribution in [0.25, 0.3) is 0 Å². The standard InChI is InChI=1S/C20H18N2O4/c1-12(21)17(23)16(18(24)13-7-3-2-4-8-13)11-22-19(25)14-9-5-6-10-15(14)20(22)26/h2-10,12,16H,11,21H2,1H3/t12-,16-/m0/s1. The topological polar surface area (TPSA) is 97.5 Å². The van der Waals surface area contributed by atoms with Gasteiger partial charge >= 0.3 is 0 Å². The maximum Gasteiger partial charge on any atom is 0.261 e. The monoisotopic (exact) mass is 350 g/mol. The summed E-state index contributed by atoms with van der Waals surface area (Å²) in [6.45, 7) is 1.16. The van der Waals surface area contributed by atoms with Crippen LogP contribution < -0.4 is 5.73 Å². The first-order chi connectivity index (χ1) is 12.4. The molecule has 0 spiro atoms. The zero-order chi connectivity index (χ0) is 18.8. The van der Waals surface area contributed by atoms with E-state index in [4.69, 9.17) is 5.73 Å². The highest BCUT2D eigenvalue weighted by atomic mass is 16.2. The Bertz CT molecular complexity index is 855. The molecule has 2 N–H and O–H groups in total. The predicted molar refractivity (Wildman–Crippen MR) is 94.7 cm³/mol. The molecule has 3 rings (SSSR count). The van der Waals surface area contributed by atoms with Gasteiger partial charge in [0.15, 0.2) is 11.6 Å². The van der Waals surface area contributed by atoms with E-state index in [1.54, 1.807) is 54.6 Å². The van der Waals surface area contributed by atoms with E-state index < -0.39 is 35.3 Å². The lowest BCUT2D eigenvalue weighted by Crippen LogP contribution is -2.45. The van der Waals surface area contributed by atoms with E-state index in [1.807, 2.05) is 0 Å². The second kappa shape index (κ2) is 7.01. The first-order valence-corrected chi connectivity index (χ1v) is 8.25. The number of imide groups is 1. The molecule has 1 aliphatic rings. The molecule has 6 heteroatoms. The fourth-order valence-electron chi connectivity index (χ4n) is 3.01. The van der Waals surface area contributed by atoms with Crippen molar-refractivity contribution < 1.29 is 19.2 Å². The first-order valence-electron chi connectivity index (χ1n) is 8.25. The van der Waals surface area contributed by atoms with Crippen molar-refractivity contribution in [1.82, 2.24) is 4.90 Å². The number of ketones is 2. The average Bonchev–Trinajstić information content (AvgIpc) is 2.90. The molecule has 2 aromatic carbocycles. The summed E-state index contributed by atoms with van der Waals surface area (Å²) in [7, 11) is 0.